The Labute approximate surface area is 146 Å². The third-order valence-electron chi connectivity index (χ3n) is 5.82. The molecule has 1 saturated heterocycles. The number of hydrogen-bond donors (Lipinski definition) is 1. The summed E-state index contributed by atoms with van der Waals surface area (Å²) >= 11 is 0. The standard InChI is InChI=1S/C18H22N6O/c1-11(7-19)18(25)24-8-12-5-14(6-13(12)9-24)23(2)17-15-3-4-20-16(15)21-10-22-17/h3-4,10-14H,5-6,8-9H2,1-2H3,(H,20,21,22)/t11?,12-,13?,14?/m0/s1. The lowest BCUT2D eigenvalue weighted by atomic mass is 10.0. The summed E-state index contributed by atoms with van der Waals surface area (Å²) in [5.74, 6) is 1.44. The Kier molecular flexibility index (Phi) is 3.83. The number of amides is 1. The first-order valence-corrected chi connectivity index (χ1v) is 8.77. The maximum atomic E-state index is 12.2. The van der Waals surface area contributed by atoms with Crippen molar-refractivity contribution in [3.8, 4) is 6.07 Å². The molecule has 0 spiro atoms. The van der Waals surface area contributed by atoms with Crippen LogP contribution in [0.3, 0.4) is 0 Å². The van der Waals surface area contributed by atoms with Crippen molar-refractivity contribution in [2.45, 2.75) is 25.8 Å². The molecule has 25 heavy (non-hydrogen) atoms. The van der Waals surface area contributed by atoms with Crippen LogP contribution in [0.25, 0.3) is 11.0 Å². The van der Waals surface area contributed by atoms with E-state index < -0.39 is 5.92 Å². The summed E-state index contributed by atoms with van der Waals surface area (Å²) in [5, 5.41) is 10.0. The molecule has 7 nitrogen and oxygen atoms in total. The van der Waals surface area contributed by atoms with Crippen molar-refractivity contribution in [1.82, 2.24) is 19.9 Å². The van der Waals surface area contributed by atoms with Gasteiger partial charge in [-0.25, -0.2) is 9.97 Å². The Morgan fingerprint density at radius 2 is 2.12 bits per heavy atom. The summed E-state index contributed by atoms with van der Waals surface area (Å²) in [6, 6.07) is 4.49. The molecule has 4 atom stereocenters. The van der Waals surface area contributed by atoms with Crippen LogP contribution in [0.2, 0.25) is 0 Å². The number of rotatable bonds is 3. The number of nitriles is 1. The number of carbonyl (C=O) groups is 1. The first-order valence-electron chi connectivity index (χ1n) is 8.77. The van der Waals surface area contributed by atoms with Crippen molar-refractivity contribution >= 4 is 22.8 Å². The molecule has 1 amide bonds. The Bertz CT molecular complexity index is 825. The number of nitrogens with zero attached hydrogens (tertiary/aromatic N) is 5. The van der Waals surface area contributed by atoms with E-state index in [1.54, 1.807) is 13.3 Å². The Balaban J connectivity index is 1.46. The second-order valence-corrected chi connectivity index (χ2v) is 7.29. The number of fused-ring (bicyclic) bond motifs is 2. The van der Waals surface area contributed by atoms with Crippen molar-refractivity contribution in [2.75, 3.05) is 25.0 Å². The molecule has 1 aliphatic heterocycles. The topological polar surface area (TPSA) is 88.9 Å². The van der Waals surface area contributed by atoms with E-state index >= 15 is 0 Å². The third-order valence-corrected chi connectivity index (χ3v) is 5.82. The molecular formula is C18H22N6O. The highest BCUT2D eigenvalue weighted by atomic mass is 16.2. The van der Waals surface area contributed by atoms with Gasteiger partial charge in [0.15, 0.2) is 0 Å². The molecule has 7 heteroatoms. The zero-order valence-electron chi connectivity index (χ0n) is 14.5. The van der Waals surface area contributed by atoms with Gasteiger partial charge in [0.1, 0.15) is 23.7 Å². The second kappa shape index (κ2) is 6.03. The number of H-pyrrole nitrogens is 1. The van der Waals surface area contributed by atoms with E-state index in [0.29, 0.717) is 17.9 Å². The minimum atomic E-state index is -0.541. The summed E-state index contributed by atoms with van der Waals surface area (Å²) in [4.78, 5) is 28.3. The normalized spacial score (nSPS) is 26.4. The second-order valence-electron chi connectivity index (χ2n) is 7.29. The van der Waals surface area contributed by atoms with Gasteiger partial charge in [-0.1, -0.05) is 0 Å². The number of nitrogens with one attached hydrogen (secondary N) is 1. The summed E-state index contributed by atoms with van der Waals surface area (Å²) < 4.78 is 0. The molecule has 4 rings (SSSR count). The highest BCUT2D eigenvalue weighted by Crippen LogP contribution is 2.41. The average molecular weight is 338 g/mol. The summed E-state index contributed by atoms with van der Waals surface area (Å²) in [6.07, 6.45) is 5.60. The summed E-state index contributed by atoms with van der Waals surface area (Å²) in [6.45, 7) is 3.25. The molecule has 1 saturated carbocycles. The molecular weight excluding hydrogens is 316 g/mol. The van der Waals surface area contributed by atoms with Crippen molar-refractivity contribution < 1.29 is 4.79 Å². The largest absolute Gasteiger partial charge is 0.356 e. The van der Waals surface area contributed by atoms with Crippen LogP contribution >= 0.6 is 0 Å². The molecule has 3 heterocycles. The van der Waals surface area contributed by atoms with Gasteiger partial charge >= 0.3 is 0 Å². The van der Waals surface area contributed by atoms with E-state index in [1.165, 1.54) is 0 Å². The molecule has 3 unspecified atom stereocenters. The number of hydrogen-bond acceptors (Lipinski definition) is 5. The molecule has 2 aromatic rings. The molecule has 0 radical (unpaired) electrons. The van der Waals surface area contributed by atoms with Crippen LogP contribution in [-0.2, 0) is 4.79 Å². The fraction of sp³-hybridized carbons (Fsp3) is 0.556. The SMILES string of the molecule is CC(C#N)C(=O)N1CC2CC(N(C)c3ncnc4[nH]ccc34)C[C@H]2C1. The van der Waals surface area contributed by atoms with Crippen LogP contribution in [0.4, 0.5) is 5.82 Å². The monoisotopic (exact) mass is 338 g/mol. The smallest absolute Gasteiger partial charge is 0.239 e. The lowest BCUT2D eigenvalue weighted by Gasteiger charge is -2.28. The number of aromatic amines is 1. The van der Waals surface area contributed by atoms with Gasteiger partial charge in [0.05, 0.1) is 11.5 Å². The van der Waals surface area contributed by atoms with Gasteiger partial charge in [-0.3, -0.25) is 4.79 Å². The van der Waals surface area contributed by atoms with E-state index in [4.69, 9.17) is 5.26 Å². The molecule has 130 valence electrons. The maximum absolute atomic E-state index is 12.2. The van der Waals surface area contributed by atoms with Gasteiger partial charge in [0.25, 0.3) is 0 Å². The summed E-state index contributed by atoms with van der Waals surface area (Å²) in [5.41, 5.74) is 0.859. The minimum absolute atomic E-state index is 0.0216. The van der Waals surface area contributed by atoms with Crippen LogP contribution in [-0.4, -0.2) is 51.9 Å². The van der Waals surface area contributed by atoms with E-state index in [2.05, 4.69) is 33.0 Å². The van der Waals surface area contributed by atoms with Gasteiger partial charge < -0.3 is 14.8 Å². The fourth-order valence-electron chi connectivity index (χ4n) is 4.41. The summed E-state index contributed by atoms with van der Waals surface area (Å²) in [7, 11) is 2.10. The number of likely N-dealkylation sites (tertiary alicyclic amines) is 1. The molecule has 0 bridgehead atoms. The van der Waals surface area contributed by atoms with Crippen molar-refractivity contribution in [1.29, 1.82) is 5.26 Å². The van der Waals surface area contributed by atoms with E-state index in [1.807, 2.05) is 17.2 Å². The van der Waals surface area contributed by atoms with Crippen molar-refractivity contribution in [2.24, 2.45) is 17.8 Å². The number of aromatic nitrogens is 3. The molecule has 1 aliphatic carbocycles. The fourth-order valence-corrected chi connectivity index (χ4v) is 4.41. The van der Waals surface area contributed by atoms with Crippen LogP contribution in [0.15, 0.2) is 18.6 Å². The van der Waals surface area contributed by atoms with E-state index in [0.717, 1.165) is 42.8 Å². The number of anilines is 1. The first kappa shape index (κ1) is 15.9. The van der Waals surface area contributed by atoms with Gasteiger partial charge in [0, 0.05) is 32.4 Å². The van der Waals surface area contributed by atoms with Crippen molar-refractivity contribution in [3.63, 3.8) is 0 Å². The molecule has 0 aromatic carbocycles. The lowest BCUT2D eigenvalue weighted by molar-refractivity contribution is -0.132. The van der Waals surface area contributed by atoms with Gasteiger partial charge in [-0.05, 0) is 37.7 Å². The molecule has 2 aromatic heterocycles. The lowest BCUT2D eigenvalue weighted by Crippen LogP contribution is -2.36. The Hall–Kier alpha value is -2.62. The van der Waals surface area contributed by atoms with Gasteiger partial charge in [0.2, 0.25) is 5.91 Å². The minimum Gasteiger partial charge on any atom is -0.356 e. The third kappa shape index (κ3) is 2.62. The first-order chi connectivity index (χ1) is 12.1. The van der Waals surface area contributed by atoms with Crippen LogP contribution in [0.1, 0.15) is 19.8 Å². The highest BCUT2D eigenvalue weighted by molar-refractivity contribution is 5.87. The highest BCUT2D eigenvalue weighted by Gasteiger charge is 2.44. The zero-order valence-corrected chi connectivity index (χ0v) is 14.5. The molecule has 2 aliphatic rings. The average Bonchev–Trinajstić information content (AvgIpc) is 3.32. The zero-order chi connectivity index (χ0) is 17.6. The molecule has 1 N–H and O–H groups in total. The predicted molar refractivity (Wildman–Crippen MR) is 93.7 cm³/mol. The van der Waals surface area contributed by atoms with Crippen LogP contribution in [0.5, 0.6) is 0 Å². The van der Waals surface area contributed by atoms with Crippen molar-refractivity contribution in [3.05, 3.63) is 18.6 Å². The van der Waals surface area contributed by atoms with Crippen LogP contribution < -0.4 is 4.90 Å². The van der Waals surface area contributed by atoms with Gasteiger partial charge in [-0.2, -0.15) is 5.26 Å². The molecule has 2 fully saturated rings. The van der Waals surface area contributed by atoms with E-state index in [-0.39, 0.29) is 5.91 Å². The quantitative estimate of drug-likeness (QED) is 0.921. The van der Waals surface area contributed by atoms with E-state index in [9.17, 15) is 4.79 Å². The predicted octanol–water partition coefficient (Wildman–Crippen LogP) is 1.79. The maximum Gasteiger partial charge on any atom is 0.239 e. The van der Waals surface area contributed by atoms with Crippen LogP contribution in [0, 0.1) is 29.1 Å². The Morgan fingerprint density at radius 1 is 1.40 bits per heavy atom. The number of carbonyl (C=O) groups excluding carboxylic acids is 1. The Morgan fingerprint density at radius 3 is 2.80 bits per heavy atom. The van der Waals surface area contributed by atoms with Gasteiger partial charge in [-0.15, -0.1) is 0 Å².